The second-order valence-corrected chi connectivity index (χ2v) is 10.2. The molecular formula is C31H31F3N6O3. The average molecular weight is 593 g/mol. The van der Waals surface area contributed by atoms with E-state index in [1.54, 1.807) is 0 Å². The van der Waals surface area contributed by atoms with Crippen molar-refractivity contribution < 1.29 is 27.4 Å². The fraction of sp³-hybridized carbons (Fsp3) is 0.258. The number of hydrogen-bond donors (Lipinski definition) is 2. The minimum absolute atomic E-state index is 0.0101. The van der Waals surface area contributed by atoms with E-state index in [2.05, 4.69) is 42.2 Å². The molecular weight excluding hydrogens is 561 g/mol. The van der Waals surface area contributed by atoms with Crippen LogP contribution in [0.1, 0.15) is 21.5 Å². The maximum Gasteiger partial charge on any atom is 0.573 e. The smallest absolute Gasteiger partial charge is 0.438 e. The highest BCUT2D eigenvalue weighted by atomic mass is 19.4. The molecule has 0 saturated carbocycles. The SMILES string of the molecule is Cc1cccc(C)c1NC(=O)c1cnc(Nc2ccc(N3CCN(C)CC3)cc2)nc1Oc1cccc(OC(F)(F)F)c1. The van der Waals surface area contributed by atoms with Crippen LogP contribution >= 0.6 is 0 Å². The van der Waals surface area contributed by atoms with Crippen molar-refractivity contribution in [3.8, 4) is 17.4 Å². The molecule has 1 aromatic heterocycles. The summed E-state index contributed by atoms with van der Waals surface area (Å²) in [6.45, 7) is 7.59. The third-order valence-corrected chi connectivity index (χ3v) is 6.96. The number of benzene rings is 3. The summed E-state index contributed by atoms with van der Waals surface area (Å²) in [6.07, 6.45) is -3.57. The predicted octanol–water partition coefficient (Wildman–Crippen LogP) is 6.53. The number of aromatic nitrogens is 2. The molecule has 4 aromatic rings. The van der Waals surface area contributed by atoms with Crippen molar-refractivity contribution in [2.75, 3.05) is 48.8 Å². The molecule has 3 aromatic carbocycles. The van der Waals surface area contributed by atoms with E-state index in [0.29, 0.717) is 11.4 Å². The molecule has 1 amide bonds. The Balaban J connectivity index is 1.41. The van der Waals surface area contributed by atoms with Crippen LogP contribution in [0.2, 0.25) is 0 Å². The van der Waals surface area contributed by atoms with Gasteiger partial charge in [-0.3, -0.25) is 4.79 Å². The van der Waals surface area contributed by atoms with Gasteiger partial charge in [-0.1, -0.05) is 24.3 Å². The zero-order valence-electron chi connectivity index (χ0n) is 23.9. The fourth-order valence-electron chi connectivity index (χ4n) is 4.65. The highest BCUT2D eigenvalue weighted by Crippen LogP contribution is 2.31. The van der Waals surface area contributed by atoms with Gasteiger partial charge in [0.1, 0.15) is 17.1 Å². The number of carbonyl (C=O) groups excluding carboxylic acids is 1. The number of ether oxygens (including phenoxy) is 2. The Morgan fingerprint density at radius 1 is 0.907 bits per heavy atom. The molecule has 0 atom stereocenters. The van der Waals surface area contributed by atoms with Crippen LogP contribution < -0.4 is 25.0 Å². The molecule has 0 aliphatic carbocycles. The first kappa shape index (κ1) is 29.6. The summed E-state index contributed by atoms with van der Waals surface area (Å²) in [5.74, 6) is -1.05. The fourth-order valence-corrected chi connectivity index (χ4v) is 4.65. The number of para-hydroxylation sites is 1. The molecule has 0 spiro atoms. The van der Waals surface area contributed by atoms with Gasteiger partial charge >= 0.3 is 6.36 Å². The third kappa shape index (κ3) is 7.72. The lowest BCUT2D eigenvalue weighted by Crippen LogP contribution is -2.44. The van der Waals surface area contributed by atoms with E-state index < -0.39 is 18.0 Å². The number of hydrogen-bond acceptors (Lipinski definition) is 8. The maximum absolute atomic E-state index is 13.4. The standard InChI is InChI=1S/C31H31F3N6O3/c1-20-6-4-7-21(2)27(20)37-28(41)26-19-35-30(36-22-10-12-23(13-11-22)40-16-14-39(3)15-17-40)38-29(26)42-24-8-5-9-25(18-24)43-31(32,33)34/h4-13,18-19H,14-17H2,1-3H3,(H,37,41)(H,35,36,38). The molecule has 1 fully saturated rings. The number of anilines is 4. The van der Waals surface area contributed by atoms with Crippen LogP contribution in [0.4, 0.5) is 36.2 Å². The van der Waals surface area contributed by atoms with E-state index in [1.165, 1.54) is 18.3 Å². The second-order valence-electron chi connectivity index (χ2n) is 10.2. The highest BCUT2D eigenvalue weighted by molar-refractivity contribution is 6.06. The second kappa shape index (κ2) is 12.6. The highest BCUT2D eigenvalue weighted by Gasteiger charge is 2.31. The van der Waals surface area contributed by atoms with Gasteiger partial charge in [-0.2, -0.15) is 4.98 Å². The van der Waals surface area contributed by atoms with E-state index in [1.807, 2.05) is 56.3 Å². The number of rotatable bonds is 8. The predicted molar refractivity (Wildman–Crippen MR) is 159 cm³/mol. The van der Waals surface area contributed by atoms with Crippen molar-refractivity contribution in [1.82, 2.24) is 14.9 Å². The number of nitrogens with one attached hydrogen (secondary N) is 2. The Kier molecular flexibility index (Phi) is 8.67. The Morgan fingerprint density at radius 3 is 2.23 bits per heavy atom. The summed E-state index contributed by atoms with van der Waals surface area (Å²) in [5.41, 5.74) is 4.13. The number of aryl methyl sites for hydroxylation is 2. The number of amides is 1. The van der Waals surface area contributed by atoms with E-state index in [-0.39, 0.29) is 23.1 Å². The maximum atomic E-state index is 13.4. The number of carbonyl (C=O) groups is 1. The van der Waals surface area contributed by atoms with Gasteiger partial charge in [-0.15, -0.1) is 13.2 Å². The van der Waals surface area contributed by atoms with E-state index in [0.717, 1.165) is 55.1 Å². The van der Waals surface area contributed by atoms with Crippen LogP contribution in [-0.2, 0) is 0 Å². The van der Waals surface area contributed by atoms with Crippen molar-refractivity contribution in [2.24, 2.45) is 0 Å². The van der Waals surface area contributed by atoms with Gasteiger partial charge in [-0.05, 0) is 68.4 Å². The summed E-state index contributed by atoms with van der Waals surface area (Å²) in [5, 5.41) is 5.98. The van der Waals surface area contributed by atoms with Crippen LogP contribution in [0.25, 0.3) is 0 Å². The number of likely N-dealkylation sites (N-methyl/N-ethyl adjacent to an activating group) is 1. The molecule has 1 saturated heterocycles. The number of piperazine rings is 1. The molecule has 224 valence electrons. The van der Waals surface area contributed by atoms with Crippen LogP contribution in [0, 0.1) is 13.8 Å². The van der Waals surface area contributed by atoms with Crippen LogP contribution in [0.5, 0.6) is 17.4 Å². The lowest BCUT2D eigenvalue weighted by Gasteiger charge is -2.34. The molecule has 0 bridgehead atoms. The molecule has 1 aliphatic heterocycles. The van der Waals surface area contributed by atoms with Crippen LogP contribution in [-0.4, -0.2) is 60.4 Å². The Hall–Kier alpha value is -4.84. The van der Waals surface area contributed by atoms with Gasteiger partial charge in [0.15, 0.2) is 0 Å². The van der Waals surface area contributed by atoms with Gasteiger partial charge in [0, 0.05) is 55.5 Å². The van der Waals surface area contributed by atoms with E-state index in [4.69, 9.17) is 4.74 Å². The van der Waals surface area contributed by atoms with Crippen molar-refractivity contribution in [1.29, 1.82) is 0 Å². The lowest BCUT2D eigenvalue weighted by molar-refractivity contribution is -0.274. The summed E-state index contributed by atoms with van der Waals surface area (Å²) >= 11 is 0. The van der Waals surface area contributed by atoms with Gasteiger partial charge in [0.25, 0.3) is 5.91 Å². The lowest BCUT2D eigenvalue weighted by atomic mass is 10.1. The van der Waals surface area contributed by atoms with Crippen molar-refractivity contribution >= 4 is 28.9 Å². The van der Waals surface area contributed by atoms with E-state index >= 15 is 0 Å². The van der Waals surface area contributed by atoms with Crippen LogP contribution in [0.15, 0.2) is 72.9 Å². The van der Waals surface area contributed by atoms with Crippen molar-refractivity contribution in [3.05, 3.63) is 89.6 Å². The minimum Gasteiger partial charge on any atom is -0.438 e. The van der Waals surface area contributed by atoms with Gasteiger partial charge in [-0.25, -0.2) is 4.98 Å². The Morgan fingerprint density at radius 2 is 1.56 bits per heavy atom. The normalized spacial score (nSPS) is 13.9. The number of alkyl halides is 3. The largest absolute Gasteiger partial charge is 0.573 e. The first-order chi connectivity index (χ1) is 20.5. The topological polar surface area (TPSA) is 91.9 Å². The van der Waals surface area contributed by atoms with Crippen molar-refractivity contribution in [2.45, 2.75) is 20.2 Å². The van der Waals surface area contributed by atoms with E-state index in [9.17, 15) is 18.0 Å². The summed E-state index contributed by atoms with van der Waals surface area (Å²) < 4.78 is 48.3. The number of nitrogens with zero attached hydrogens (tertiary/aromatic N) is 4. The molecule has 2 heterocycles. The zero-order valence-corrected chi connectivity index (χ0v) is 23.9. The first-order valence-corrected chi connectivity index (χ1v) is 13.6. The summed E-state index contributed by atoms with van der Waals surface area (Å²) in [6, 6.07) is 18.4. The van der Waals surface area contributed by atoms with Gasteiger partial charge in [0.2, 0.25) is 11.8 Å². The first-order valence-electron chi connectivity index (χ1n) is 13.6. The summed E-state index contributed by atoms with van der Waals surface area (Å²) in [7, 11) is 2.11. The Labute approximate surface area is 247 Å². The number of halogens is 3. The minimum atomic E-state index is -4.87. The molecule has 43 heavy (non-hydrogen) atoms. The van der Waals surface area contributed by atoms with Crippen molar-refractivity contribution in [3.63, 3.8) is 0 Å². The zero-order chi connectivity index (χ0) is 30.6. The monoisotopic (exact) mass is 592 g/mol. The van der Waals surface area contributed by atoms with Gasteiger partial charge in [0.05, 0.1) is 0 Å². The van der Waals surface area contributed by atoms with Crippen LogP contribution in [0.3, 0.4) is 0 Å². The van der Waals surface area contributed by atoms with Gasteiger partial charge < -0.3 is 29.9 Å². The third-order valence-electron chi connectivity index (χ3n) is 6.96. The molecule has 0 unspecified atom stereocenters. The summed E-state index contributed by atoms with van der Waals surface area (Å²) in [4.78, 5) is 26.7. The quantitative estimate of drug-likeness (QED) is 0.239. The Bertz CT molecular complexity index is 1570. The molecule has 1 aliphatic rings. The molecule has 0 radical (unpaired) electrons. The molecule has 2 N–H and O–H groups in total. The molecule has 9 nitrogen and oxygen atoms in total. The average Bonchev–Trinajstić information content (AvgIpc) is 2.95. The molecule has 12 heteroatoms. The molecule has 5 rings (SSSR count).